The lowest BCUT2D eigenvalue weighted by atomic mass is 10.1. The van der Waals surface area contributed by atoms with Crippen molar-refractivity contribution in [1.82, 2.24) is 4.90 Å². The van der Waals surface area contributed by atoms with Gasteiger partial charge in [-0.15, -0.1) is 0 Å². The van der Waals surface area contributed by atoms with Crippen molar-refractivity contribution in [2.24, 2.45) is 0 Å². The molecular formula is C20H22ClN3O2. The molecule has 0 spiro atoms. The maximum absolute atomic E-state index is 12.2. The Hall–Kier alpha value is -2.53. The van der Waals surface area contributed by atoms with E-state index >= 15 is 0 Å². The third-order valence-corrected chi connectivity index (χ3v) is 4.73. The summed E-state index contributed by atoms with van der Waals surface area (Å²) in [6, 6.07) is 15.1. The molecule has 0 unspecified atom stereocenters. The van der Waals surface area contributed by atoms with Crippen LogP contribution >= 0.6 is 11.6 Å². The van der Waals surface area contributed by atoms with E-state index in [1.807, 2.05) is 41.3 Å². The minimum Gasteiger partial charge on any atom is -0.368 e. The van der Waals surface area contributed by atoms with Crippen molar-refractivity contribution in [2.75, 3.05) is 36.4 Å². The number of carbonyl (C=O) groups excluding carboxylic acids is 2. The van der Waals surface area contributed by atoms with E-state index in [0.717, 1.165) is 43.1 Å². The van der Waals surface area contributed by atoms with Crippen molar-refractivity contribution in [3.05, 3.63) is 59.1 Å². The highest BCUT2D eigenvalue weighted by atomic mass is 35.5. The Morgan fingerprint density at radius 2 is 1.73 bits per heavy atom. The highest BCUT2D eigenvalue weighted by Gasteiger charge is 2.18. The van der Waals surface area contributed by atoms with E-state index in [4.69, 9.17) is 11.6 Å². The monoisotopic (exact) mass is 371 g/mol. The maximum atomic E-state index is 12.2. The van der Waals surface area contributed by atoms with Crippen LogP contribution in [0.25, 0.3) is 0 Å². The number of hydrogen-bond acceptors (Lipinski definition) is 3. The van der Waals surface area contributed by atoms with Gasteiger partial charge in [0, 0.05) is 49.5 Å². The summed E-state index contributed by atoms with van der Waals surface area (Å²) in [5, 5.41) is 3.54. The molecule has 1 fully saturated rings. The first kappa shape index (κ1) is 18.3. The molecule has 5 nitrogen and oxygen atoms in total. The minimum absolute atomic E-state index is 0.0740. The lowest BCUT2D eigenvalue weighted by molar-refractivity contribution is -0.129. The van der Waals surface area contributed by atoms with Gasteiger partial charge in [0.2, 0.25) is 11.8 Å². The van der Waals surface area contributed by atoms with Gasteiger partial charge in [0.1, 0.15) is 0 Å². The van der Waals surface area contributed by atoms with E-state index in [9.17, 15) is 9.59 Å². The fourth-order valence-electron chi connectivity index (χ4n) is 3.07. The van der Waals surface area contributed by atoms with Crippen LogP contribution in [-0.4, -0.2) is 42.9 Å². The average Bonchev–Trinajstić information content (AvgIpc) is 2.62. The molecule has 3 rings (SSSR count). The van der Waals surface area contributed by atoms with Crippen molar-refractivity contribution in [3.63, 3.8) is 0 Å². The van der Waals surface area contributed by atoms with Crippen molar-refractivity contribution in [3.8, 4) is 0 Å². The number of rotatable bonds is 4. The summed E-state index contributed by atoms with van der Waals surface area (Å²) >= 11 is 5.95. The molecular weight excluding hydrogens is 350 g/mol. The van der Waals surface area contributed by atoms with Crippen LogP contribution in [0, 0.1) is 0 Å². The lowest BCUT2D eigenvalue weighted by Gasteiger charge is -2.35. The molecule has 0 saturated carbocycles. The van der Waals surface area contributed by atoms with Gasteiger partial charge in [-0.2, -0.15) is 0 Å². The standard InChI is InChI=1S/C20H22ClN3O2/c1-15(25)23-9-11-24(12-10-23)19-7-5-18(6-8-19)22-20(26)14-16-3-2-4-17(21)13-16/h2-8,13H,9-12,14H2,1H3,(H,22,26). The number of benzene rings is 2. The molecule has 1 heterocycles. The predicted octanol–water partition coefficient (Wildman–Crippen LogP) is 3.19. The first-order chi connectivity index (χ1) is 12.5. The Morgan fingerprint density at radius 3 is 2.35 bits per heavy atom. The highest BCUT2D eigenvalue weighted by molar-refractivity contribution is 6.30. The van der Waals surface area contributed by atoms with Gasteiger partial charge in [-0.3, -0.25) is 9.59 Å². The van der Waals surface area contributed by atoms with Gasteiger partial charge < -0.3 is 15.1 Å². The van der Waals surface area contributed by atoms with E-state index in [2.05, 4.69) is 10.2 Å². The lowest BCUT2D eigenvalue weighted by Crippen LogP contribution is -2.48. The van der Waals surface area contributed by atoms with Crippen LogP contribution in [0.3, 0.4) is 0 Å². The number of hydrogen-bond donors (Lipinski definition) is 1. The van der Waals surface area contributed by atoms with Crippen LogP contribution < -0.4 is 10.2 Å². The molecule has 0 aliphatic carbocycles. The van der Waals surface area contributed by atoms with Crippen molar-refractivity contribution >= 4 is 34.8 Å². The highest BCUT2D eigenvalue weighted by Crippen LogP contribution is 2.20. The number of nitrogens with zero attached hydrogens (tertiary/aromatic N) is 2. The second-order valence-corrected chi connectivity index (χ2v) is 6.83. The molecule has 2 aromatic rings. The van der Waals surface area contributed by atoms with Crippen LogP contribution in [0.4, 0.5) is 11.4 Å². The molecule has 136 valence electrons. The summed E-state index contributed by atoms with van der Waals surface area (Å²) in [4.78, 5) is 27.7. The maximum Gasteiger partial charge on any atom is 0.228 e. The summed E-state index contributed by atoms with van der Waals surface area (Å²) in [7, 11) is 0. The third-order valence-electron chi connectivity index (χ3n) is 4.49. The molecule has 0 atom stereocenters. The van der Waals surface area contributed by atoms with Gasteiger partial charge in [0.15, 0.2) is 0 Å². The van der Waals surface area contributed by atoms with Crippen LogP contribution in [0.5, 0.6) is 0 Å². The fraction of sp³-hybridized carbons (Fsp3) is 0.300. The molecule has 1 aliphatic rings. The Labute approximate surface area is 158 Å². The van der Waals surface area contributed by atoms with Crippen LogP contribution in [0.2, 0.25) is 5.02 Å². The number of carbonyl (C=O) groups is 2. The normalized spacial score (nSPS) is 14.2. The zero-order valence-electron chi connectivity index (χ0n) is 14.7. The Bertz CT molecular complexity index is 784. The fourth-order valence-corrected chi connectivity index (χ4v) is 3.29. The van der Waals surface area contributed by atoms with Crippen molar-refractivity contribution in [1.29, 1.82) is 0 Å². The predicted molar refractivity (Wildman–Crippen MR) is 105 cm³/mol. The first-order valence-electron chi connectivity index (χ1n) is 8.66. The van der Waals surface area contributed by atoms with Gasteiger partial charge in [-0.25, -0.2) is 0 Å². The largest absolute Gasteiger partial charge is 0.368 e. The number of amides is 2. The number of nitrogens with one attached hydrogen (secondary N) is 1. The van der Waals surface area contributed by atoms with Gasteiger partial charge in [-0.1, -0.05) is 23.7 Å². The topological polar surface area (TPSA) is 52.7 Å². The molecule has 0 radical (unpaired) electrons. The van der Waals surface area contributed by atoms with E-state index in [1.165, 1.54) is 0 Å². The molecule has 26 heavy (non-hydrogen) atoms. The zero-order chi connectivity index (χ0) is 18.5. The van der Waals surface area contributed by atoms with Crippen LogP contribution in [0.1, 0.15) is 12.5 Å². The third kappa shape index (κ3) is 4.76. The Balaban J connectivity index is 1.54. The smallest absolute Gasteiger partial charge is 0.228 e. The first-order valence-corrected chi connectivity index (χ1v) is 9.04. The Kier molecular flexibility index (Phi) is 5.78. The number of piperazine rings is 1. The van der Waals surface area contributed by atoms with E-state index in [0.29, 0.717) is 5.02 Å². The van der Waals surface area contributed by atoms with Crippen LogP contribution in [-0.2, 0) is 16.0 Å². The van der Waals surface area contributed by atoms with E-state index in [-0.39, 0.29) is 18.2 Å². The second kappa shape index (κ2) is 8.23. The summed E-state index contributed by atoms with van der Waals surface area (Å²) in [6.07, 6.45) is 0.287. The quantitative estimate of drug-likeness (QED) is 0.898. The molecule has 1 saturated heterocycles. The minimum atomic E-state index is -0.0740. The SMILES string of the molecule is CC(=O)N1CCN(c2ccc(NC(=O)Cc3cccc(Cl)c3)cc2)CC1. The molecule has 1 aliphatic heterocycles. The molecule has 2 aromatic carbocycles. The van der Waals surface area contributed by atoms with Gasteiger partial charge in [0.25, 0.3) is 0 Å². The molecule has 6 heteroatoms. The summed E-state index contributed by atoms with van der Waals surface area (Å²) in [5.74, 6) is 0.0532. The average molecular weight is 372 g/mol. The summed E-state index contributed by atoms with van der Waals surface area (Å²) < 4.78 is 0. The molecule has 0 aromatic heterocycles. The number of halogens is 1. The molecule has 1 N–H and O–H groups in total. The van der Waals surface area contributed by atoms with Gasteiger partial charge >= 0.3 is 0 Å². The van der Waals surface area contributed by atoms with E-state index in [1.54, 1.807) is 19.1 Å². The molecule has 0 bridgehead atoms. The van der Waals surface area contributed by atoms with Gasteiger partial charge in [0.05, 0.1) is 6.42 Å². The Morgan fingerprint density at radius 1 is 1.04 bits per heavy atom. The van der Waals surface area contributed by atoms with E-state index < -0.39 is 0 Å². The van der Waals surface area contributed by atoms with Crippen LogP contribution in [0.15, 0.2) is 48.5 Å². The van der Waals surface area contributed by atoms with Gasteiger partial charge in [-0.05, 0) is 42.0 Å². The van der Waals surface area contributed by atoms with Crippen molar-refractivity contribution < 1.29 is 9.59 Å². The number of anilines is 2. The molecule has 2 amide bonds. The summed E-state index contributed by atoms with van der Waals surface area (Å²) in [5.41, 5.74) is 2.75. The zero-order valence-corrected chi connectivity index (χ0v) is 15.5. The van der Waals surface area contributed by atoms with Crippen molar-refractivity contribution in [2.45, 2.75) is 13.3 Å². The summed E-state index contributed by atoms with van der Waals surface area (Å²) in [6.45, 7) is 4.73. The second-order valence-electron chi connectivity index (χ2n) is 6.39.